The summed E-state index contributed by atoms with van der Waals surface area (Å²) in [5.41, 5.74) is 1.74. The second-order valence-corrected chi connectivity index (χ2v) is 5.59. The van der Waals surface area contributed by atoms with Crippen LogP contribution < -0.4 is 5.32 Å². The summed E-state index contributed by atoms with van der Waals surface area (Å²) in [5.74, 6) is -1.24. The van der Waals surface area contributed by atoms with Crippen LogP contribution in [0.2, 0.25) is 0 Å². The normalized spacial score (nSPS) is 11.8. The van der Waals surface area contributed by atoms with Crippen molar-refractivity contribution in [1.29, 1.82) is 0 Å². The Morgan fingerprint density at radius 3 is 2.62 bits per heavy atom. The van der Waals surface area contributed by atoms with Gasteiger partial charge in [-0.15, -0.1) is 0 Å². The molecule has 2 aromatic rings. The van der Waals surface area contributed by atoms with Crippen LogP contribution in [0, 0.1) is 17.0 Å². The van der Waals surface area contributed by atoms with Crippen LogP contribution in [-0.2, 0) is 14.3 Å². The van der Waals surface area contributed by atoms with Gasteiger partial charge in [-0.2, -0.15) is 0 Å². The van der Waals surface area contributed by atoms with Crippen molar-refractivity contribution in [2.75, 3.05) is 5.32 Å². The second-order valence-electron chi connectivity index (χ2n) is 5.59. The number of para-hydroxylation sites is 1. The summed E-state index contributed by atoms with van der Waals surface area (Å²) < 4.78 is 5.03. The van der Waals surface area contributed by atoms with Gasteiger partial charge in [0.15, 0.2) is 6.10 Å². The number of anilines is 1. The zero-order valence-corrected chi connectivity index (χ0v) is 14.3. The number of carbonyl (C=O) groups excluding carboxylic acids is 2. The molecular weight excluding hydrogens is 336 g/mol. The van der Waals surface area contributed by atoms with E-state index in [0.717, 1.165) is 11.6 Å². The van der Waals surface area contributed by atoms with Crippen LogP contribution in [0.1, 0.15) is 18.1 Å². The van der Waals surface area contributed by atoms with Gasteiger partial charge in [0.25, 0.3) is 11.6 Å². The van der Waals surface area contributed by atoms with Gasteiger partial charge in [0.2, 0.25) is 0 Å². The van der Waals surface area contributed by atoms with Crippen molar-refractivity contribution < 1.29 is 19.2 Å². The first-order valence-corrected chi connectivity index (χ1v) is 7.86. The molecule has 0 aliphatic rings. The number of nitro groups is 1. The molecule has 134 valence electrons. The molecule has 0 aromatic heterocycles. The number of rotatable bonds is 6. The van der Waals surface area contributed by atoms with Crippen LogP contribution in [0.15, 0.2) is 54.6 Å². The zero-order chi connectivity index (χ0) is 19.1. The molecule has 0 saturated carbocycles. The SMILES string of the molecule is Cc1cccc(NC(=O)[C@H](C)OC(=O)/C=C/c2ccccc2[N+](=O)[O-])c1. The first-order valence-electron chi connectivity index (χ1n) is 7.86. The Kier molecular flexibility index (Phi) is 6.21. The van der Waals surface area contributed by atoms with E-state index < -0.39 is 22.9 Å². The summed E-state index contributed by atoms with van der Waals surface area (Å²) in [6.07, 6.45) is 1.32. The number of amides is 1. The minimum atomic E-state index is -1.02. The first kappa shape index (κ1) is 18.9. The van der Waals surface area contributed by atoms with E-state index in [1.807, 2.05) is 13.0 Å². The number of carbonyl (C=O) groups is 2. The number of hydrogen-bond donors (Lipinski definition) is 1. The maximum atomic E-state index is 12.1. The minimum Gasteiger partial charge on any atom is -0.449 e. The van der Waals surface area contributed by atoms with Gasteiger partial charge in [0, 0.05) is 17.8 Å². The van der Waals surface area contributed by atoms with Crippen molar-refractivity contribution >= 4 is 29.3 Å². The third-order valence-corrected chi connectivity index (χ3v) is 3.48. The fraction of sp³-hybridized carbons (Fsp3) is 0.158. The fourth-order valence-corrected chi connectivity index (χ4v) is 2.19. The summed E-state index contributed by atoms with van der Waals surface area (Å²) in [6, 6.07) is 13.2. The van der Waals surface area contributed by atoms with Crippen molar-refractivity contribution in [3.63, 3.8) is 0 Å². The maximum Gasteiger partial charge on any atom is 0.331 e. The van der Waals surface area contributed by atoms with Crippen molar-refractivity contribution in [1.82, 2.24) is 0 Å². The number of benzene rings is 2. The number of nitrogens with one attached hydrogen (secondary N) is 1. The van der Waals surface area contributed by atoms with E-state index in [-0.39, 0.29) is 11.3 Å². The predicted octanol–water partition coefficient (Wildman–Crippen LogP) is 3.49. The van der Waals surface area contributed by atoms with Crippen molar-refractivity contribution in [3.05, 3.63) is 75.8 Å². The minimum absolute atomic E-state index is 0.123. The van der Waals surface area contributed by atoms with Crippen LogP contribution in [0.3, 0.4) is 0 Å². The third kappa shape index (κ3) is 5.27. The largest absolute Gasteiger partial charge is 0.449 e. The van der Waals surface area contributed by atoms with Gasteiger partial charge in [-0.25, -0.2) is 4.79 Å². The second kappa shape index (κ2) is 8.57. The van der Waals surface area contributed by atoms with Crippen LogP contribution in [0.4, 0.5) is 11.4 Å². The topological polar surface area (TPSA) is 98.5 Å². The highest BCUT2D eigenvalue weighted by molar-refractivity contribution is 5.96. The molecule has 26 heavy (non-hydrogen) atoms. The molecule has 7 nitrogen and oxygen atoms in total. The van der Waals surface area contributed by atoms with E-state index in [4.69, 9.17) is 4.74 Å². The summed E-state index contributed by atoms with van der Waals surface area (Å²) in [4.78, 5) is 34.3. The molecule has 7 heteroatoms. The highest BCUT2D eigenvalue weighted by atomic mass is 16.6. The van der Waals surface area contributed by atoms with Gasteiger partial charge in [-0.05, 0) is 43.7 Å². The number of aryl methyl sites for hydroxylation is 1. The molecule has 0 fully saturated rings. The quantitative estimate of drug-likeness (QED) is 0.370. The molecule has 2 rings (SSSR count). The molecular formula is C19H18N2O5. The standard InChI is InChI=1S/C19H18N2O5/c1-13-6-5-8-16(12-13)20-19(23)14(2)26-18(22)11-10-15-7-3-4-9-17(15)21(24)25/h3-12,14H,1-2H3,(H,20,23)/b11-10+/t14-/m0/s1. The van der Waals surface area contributed by atoms with Gasteiger partial charge < -0.3 is 10.1 Å². The summed E-state index contributed by atoms with van der Waals surface area (Å²) in [5, 5.41) is 13.6. The lowest BCUT2D eigenvalue weighted by Crippen LogP contribution is -2.29. The molecule has 0 spiro atoms. The number of ether oxygens (including phenoxy) is 1. The zero-order valence-electron chi connectivity index (χ0n) is 14.3. The summed E-state index contributed by atoms with van der Waals surface area (Å²) in [6.45, 7) is 3.34. The molecule has 0 aliphatic heterocycles. The molecule has 0 bridgehead atoms. The molecule has 1 N–H and O–H groups in total. The summed E-state index contributed by atoms with van der Waals surface area (Å²) >= 11 is 0. The molecule has 1 amide bonds. The Bertz CT molecular complexity index is 861. The van der Waals surface area contributed by atoms with Crippen LogP contribution in [-0.4, -0.2) is 22.9 Å². The first-order chi connectivity index (χ1) is 12.4. The van der Waals surface area contributed by atoms with E-state index in [1.54, 1.807) is 24.3 Å². The molecule has 0 radical (unpaired) electrons. The molecule has 0 unspecified atom stereocenters. The Morgan fingerprint density at radius 1 is 1.19 bits per heavy atom. The Balaban J connectivity index is 1.96. The lowest BCUT2D eigenvalue weighted by atomic mass is 10.1. The third-order valence-electron chi connectivity index (χ3n) is 3.48. The number of nitrogens with zero attached hydrogens (tertiary/aromatic N) is 1. The average molecular weight is 354 g/mol. The van der Waals surface area contributed by atoms with Crippen molar-refractivity contribution in [3.8, 4) is 0 Å². The highest BCUT2D eigenvalue weighted by Gasteiger charge is 2.17. The van der Waals surface area contributed by atoms with E-state index in [9.17, 15) is 19.7 Å². The fourth-order valence-electron chi connectivity index (χ4n) is 2.19. The molecule has 1 atom stereocenters. The van der Waals surface area contributed by atoms with E-state index in [0.29, 0.717) is 5.69 Å². The van der Waals surface area contributed by atoms with Crippen LogP contribution in [0.5, 0.6) is 0 Å². The molecule has 0 heterocycles. The Hall–Kier alpha value is -3.48. The smallest absolute Gasteiger partial charge is 0.331 e. The lowest BCUT2D eigenvalue weighted by molar-refractivity contribution is -0.385. The van der Waals surface area contributed by atoms with E-state index in [1.165, 1.54) is 31.2 Å². The number of nitro benzene ring substituents is 1. The average Bonchev–Trinajstić information content (AvgIpc) is 2.60. The lowest BCUT2D eigenvalue weighted by Gasteiger charge is -2.12. The molecule has 0 saturated heterocycles. The van der Waals surface area contributed by atoms with E-state index >= 15 is 0 Å². The van der Waals surface area contributed by atoms with Crippen LogP contribution >= 0.6 is 0 Å². The summed E-state index contributed by atoms with van der Waals surface area (Å²) in [7, 11) is 0. The monoisotopic (exact) mass is 354 g/mol. The molecule has 2 aromatic carbocycles. The predicted molar refractivity (Wildman–Crippen MR) is 97.5 cm³/mol. The van der Waals surface area contributed by atoms with E-state index in [2.05, 4.69) is 5.32 Å². The Labute approximate surface area is 150 Å². The Morgan fingerprint density at radius 2 is 1.92 bits per heavy atom. The van der Waals surface area contributed by atoms with Gasteiger partial charge in [0.1, 0.15) is 0 Å². The van der Waals surface area contributed by atoms with Crippen LogP contribution in [0.25, 0.3) is 6.08 Å². The van der Waals surface area contributed by atoms with Gasteiger partial charge in [-0.1, -0.05) is 24.3 Å². The van der Waals surface area contributed by atoms with Crippen molar-refractivity contribution in [2.45, 2.75) is 20.0 Å². The number of hydrogen-bond acceptors (Lipinski definition) is 5. The molecule has 0 aliphatic carbocycles. The number of esters is 1. The van der Waals surface area contributed by atoms with Gasteiger partial charge in [-0.3, -0.25) is 14.9 Å². The van der Waals surface area contributed by atoms with Gasteiger partial charge >= 0.3 is 5.97 Å². The maximum absolute atomic E-state index is 12.1. The highest BCUT2D eigenvalue weighted by Crippen LogP contribution is 2.19. The van der Waals surface area contributed by atoms with Crippen molar-refractivity contribution in [2.24, 2.45) is 0 Å². The van der Waals surface area contributed by atoms with Gasteiger partial charge in [0.05, 0.1) is 10.5 Å².